The second-order valence-corrected chi connectivity index (χ2v) is 12.8. The smallest absolute Gasteiger partial charge is 0.339 e. The van der Waals surface area contributed by atoms with E-state index < -0.39 is 18.8 Å². The Morgan fingerprint density at radius 2 is 0.762 bits per heavy atom. The average Bonchev–Trinajstić information content (AvgIpc) is 3.07. The molecular weight excluding hydrogens is 539 g/mol. The van der Waals surface area contributed by atoms with Gasteiger partial charge in [-0.25, -0.2) is 9.59 Å². The fraction of sp³-hybridized carbons (Fsp3) is 0.0541. The first-order valence-electron chi connectivity index (χ1n) is 13.6. The van der Waals surface area contributed by atoms with E-state index in [1.165, 1.54) is 14.2 Å². The maximum Gasteiger partial charge on any atom is 0.339 e. The summed E-state index contributed by atoms with van der Waals surface area (Å²) < 4.78 is 11.1. The Bertz CT molecular complexity index is 1600. The lowest BCUT2D eigenvalue weighted by Crippen LogP contribution is -2.37. The third kappa shape index (κ3) is 5.37. The van der Waals surface area contributed by atoms with Gasteiger partial charge in [0.05, 0.1) is 25.1 Å². The van der Waals surface area contributed by atoms with E-state index in [9.17, 15) is 9.59 Å². The van der Waals surface area contributed by atoms with Crippen LogP contribution in [0.5, 0.6) is 0 Å². The van der Waals surface area contributed by atoms with E-state index in [1.54, 1.807) is 0 Å². The summed E-state index contributed by atoms with van der Waals surface area (Å²) in [4.78, 5) is 28.6. The molecule has 0 aromatic heterocycles. The molecule has 0 saturated heterocycles. The largest absolute Gasteiger partial charge is 0.465 e. The first kappa shape index (κ1) is 28.6. The van der Waals surface area contributed by atoms with Crippen LogP contribution in [-0.2, 0) is 19.1 Å². The minimum absolute atomic E-state index is 0.173. The van der Waals surface area contributed by atoms with Crippen molar-refractivity contribution >= 4 is 45.6 Å². The van der Waals surface area contributed by atoms with Gasteiger partial charge in [-0.2, -0.15) is 0 Å². The molecule has 0 heterocycles. The van der Waals surface area contributed by atoms with Crippen molar-refractivity contribution in [1.82, 2.24) is 0 Å². The Hall–Kier alpha value is -4.92. The molecule has 0 atom stereocenters. The van der Waals surface area contributed by atoms with Crippen LogP contribution in [0.3, 0.4) is 0 Å². The van der Waals surface area contributed by atoms with Gasteiger partial charge in [-0.3, -0.25) is 0 Å². The number of ether oxygens (including phenoxy) is 2. The van der Waals surface area contributed by atoms with E-state index >= 15 is 0 Å². The van der Waals surface area contributed by atoms with Gasteiger partial charge >= 0.3 is 11.9 Å². The molecule has 0 unspecified atom stereocenters. The summed E-state index contributed by atoms with van der Waals surface area (Å²) in [6.45, 7) is -3.07. The quantitative estimate of drug-likeness (QED) is 0.131. The molecule has 5 rings (SSSR count). The van der Waals surface area contributed by atoms with Crippen molar-refractivity contribution in [1.29, 1.82) is 0 Å². The molecule has 0 bridgehead atoms. The van der Waals surface area contributed by atoms with E-state index in [-0.39, 0.29) is 10.9 Å². The Morgan fingerprint density at radius 3 is 1.07 bits per heavy atom. The van der Waals surface area contributed by atoms with Crippen molar-refractivity contribution in [3.05, 3.63) is 168 Å². The standard InChI is InChI=1S/C37H31O4P/c1-40-36(38)34(33(28-18-8-3-9-19-28)29-20-10-4-11-21-29)35(37(39)41-2)42(30-22-12-5-13-23-30,31-24-14-6-15-25-31)32-26-16-7-17-27-32/h3-27H,1-2H3. The lowest BCUT2D eigenvalue weighted by molar-refractivity contribution is -0.137. The van der Waals surface area contributed by atoms with Crippen molar-refractivity contribution in [2.45, 2.75) is 0 Å². The molecule has 5 aromatic carbocycles. The molecule has 0 radical (unpaired) electrons. The second kappa shape index (κ2) is 13.2. The van der Waals surface area contributed by atoms with Crippen molar-refractivity contribution < 1.29 is 19.1 Å². The summed E-state index contributed by atoms with van der Waals surface area (Å²) in [7, 11) is 2.70. The number of hydrogen-bond acceptors (Lipinski definition) is 4. The lowest BCUT2D eigenvalue weighted by Gasteiger charge is -2.33. The number of benzene rings is 5. The van der Waals surface area contributed by atoms with Gasteiger partial charge in [-0.15, -0.1) is 0 Å². The summed E-state index contributed by atoms with van der Waals surface area (Å²) >= 11 is 0. The number of hydrogen-bond donors (Lipinski definition) is 0. The van der Waals surface area contributed by atoms with Crippen LogP contribution in [-0.4, -0.2) is 31.5 Å². The van der Waals surface area contributed by atoms with E-state index in [4.69, 9.17) is 9.47 Å². The predicted molar refractivity (Wildman–Crippen MR) is 173 cm³/mol. The minimum atomic E-state index is -3.07. The van der Waals surface area contributed by atoms with Gasteiger partial charge in [-0.05, 0) is 33.9 Å². The molecular formula is C37H31O4P. The molecule has 0 aliphatic carbocycles. The van der Waals surface area contributed by atoms with Gasteiger partial charge in [0.15, 0.2) is 0 Å². The third-order valence-corrected chi connectivity index (χ3v) is 11.4. The zero-order valence-corrected chi connectivity index (χ0v) is 24.4. The van der Waals surface area contributed by atoms with E-state index in [0.29, 0.717) is 5.57 Å². The molecule has 5 aromatic rings. The van der Waals surface area contributed by atoms with Crippen LogP contribution in [0.2, 0.25) is 0 Å². The summed E-state index contributed by atoms with van der Waals surface area (Å²) in [5.41, 5.74) is 2.32. The maximum absolute atomic E-state index is 14.4. The van der Waals surface area contributed by atoms with Gasteiger partial charge in [0, 0.05) is 5.57 Å². The molecule has 0 aliphatic heterocycles. The zero-order valence-electron chi connectivity index (χ0n) is 23.5. The van der Waals surface area contributed by atoms with Crippen molar-refractivity contribution in [3.8, 4) is 0 Å². The molecule has 0 spiro atoms. The number of carbonyl (C=O) groups is 2. The molecule has 0 fully saturated rings. The van der Waals surface area contributed by atoms with Crippen LogP contribution in [0.15, 0.2) is 157 Å². The first-order valence-corrected chi connectivity index (χ1v) is 15.4. The summed E-state index contributed by atoms with van der Waals surface area (Å²) in [5, 5.41) is 2.99. The highest BCUT2D eigenvalue weighted by Gasteiger charge is 2.39. The third-order valence-electron chi connectivity index (χ3n) is 7.15. The van der Waals surface area contributed by atoms with Crippen molar-refractivity contribution in [2.75, 3.05) is 14.2 Å². The number of carbonyl (C=O) groups excluding carboxylic acids is 2. The van der Waals surface area contributed by atoms with Crippen LogP contribution in [0.4, 0.5) is 0 Å². The number of esters is 2. The Labute approximate surface area is 246 Å². The highest BCUT2D eigenvalue weighted by atomic mass is 31.2. The Balaban J connectivity index is 2.17. The normalized spacial score (nSPS) is 10.8. The molecule has 0 aliphatic rings. The Morgan fingerprint density at radius 1 is 0.452 bits per heavy atom. The van der Waals surface area contributed by atoms with E-state index in [0.717, 1.165) is 27.0 Å². The van der Waals surface area contributed by atoms with Crippen LogP contribution < -0.4 is 15.9 Å². The fourth-order valence-corrected chi connectivity index (χ4v) is 9.81. The molecule has 4 nitrogen and oxygen atoms in total. The van der Waals surface area contributed by atoms with Crippen LogP contribution in [0, 0.1) is 0 Å². The number of rotatable bonds is 8. The molecule has 0 N–H and O–H groups in total. The lowest BCUT2D eigenvalue weighted by atomic mass is 9.91. The van der Waals surface area contributed by atoms with Crippen LogP contribution >= 0.6 is 6.89 Å². The van der Waals surface area contributed by atoms with Gasteiger partial charge in [0.1, 0.15) is 0 Å². The summed E-state index contributed by atoms with van der Waals surface area (Å²) in [6.07, 6.45) is 0. The minimum Gasteiger partial charge on any atom is -0.465 e. The first-order chi connectivity index (χ1) is 20.6. The van der Waals surface area contributed by atoms with E-state index in [2.05, 4.69) is 0 Å². The highest BCUT2D eigenvalue weighted by Crippen LogP contribution is 2.49. The molecule has 42 heavy (non-hydrogen) atoms. The van der Waals surface area contributed by atoms with Gasteiger partial charge < -0.3 is 9.47 Å². The fourth-order valence-electron chi connectivity index (χ4n) is 5.38. The van der Waals surface area contributed by atoms with Gasteiger partial charge in [0.2, 0.25) is 0 Å². The predicted octanol–water partition coefficient (Wildman–Crippen LogP) is 6.00. The Kier molecular flexibility index (Phi) is 8.96. The summed E-state index contributed by atoms with van der Waals surface area (Å²) in [5.74, 6) is -1.21. The molecule has 0 amide bonds. The SMILES string of the molecule is COC(=O)C(=C(c1ccccc1)c1ccccc1)C(C(=O)OC)=P(c1ccccc1)(c1ccccc1)c1ccccc1. The number of methoxy groups -OCH3 is 2. The highest BCUT2D eigenvalue weighted by molar-refractivity contribution is 7.97. The van der Waals surface area contributed by atoms with E-state index in [1.807, 2.05) is 152 Å². The molecule has 208 valence electrons. The monoisotopic (exact) mass is 570 g/mol. The topological polar surface area (TPSA) is 52.6 Å². The molecule has 5 heteroatoms. The summed E-state index contributed by atoms with van der Waals surface area (Å²) in [6, 6.07) is 49.0. The van der Waals surface area contributed by atoms with Crippen LogP contribution in [0.1, 0.15) is 11.1 Å². The maximum atomic E-state index is 14.4. The van der Waals surface area contributed by atoms with Gasteiger partial charge in [-0.1, -0.05) is 152 Å². The van der Waals surface area contributed by atoms with Crippen molar-refractivity contribution in [2.24, 2.45) is 0 Å². The molecule has 0 saturated carbocycles. The average molecular weight is 571 g/mol. The second-order valence-electron chi connectivity index (χ2n) is 9.49. The van der Waals surface area contributed by atoms with Crippen LogP contribution in [0.25, 0.3) is 5.57 Å². The zero-order chi connectivity index (χ0) is 29.4. The van der Waals surface area contributed by atoms with Gasteiger partial charge in [0.25, 0.3) is 0 Å². The van der Waals surface area contributed by atoms with Crippen molar-refractivity contribution in [3.63, 3.8) is 0 Å².